The summed E-state index contributed by atoms with van der Waals surface area (Å²) in [5.74, 6) is 0.915. The number of fused-ring (bicyclic) bond motifs is 3. The van der Waals surface area contributed by atoms with Gasteiger partial charge in [-0.25, -0.2) is 4.98 Å². The van der Waals surface area contributed by atoms with Gasteiger partial charge in [0.25, 0.3) is 0 Å². The van der Waals surface area contributed by atoms with Crippen molar-refractivity contribution in [3.63, 3.8) is 0 Å². The molecule has 2 aliphatic rings. The Hall–Kier alpha value is -2.82. The van der Waals surface area contributed by atoms with Crippen molar-refractivity contribution >= 4 is 11.6 Å². The standard InChI is InChI=1S/C28H35N3O2/c1-19-9-8-12-30-23(16-29-26(19)30)22(21-10-6-7-11-24(21)33-5)13-25(32)31-18-28(4)15-20(31)14-27(2,3)17-28/h6-12,16,20,22H,13-15,17-18H2,1-5H3. The Morgan fingerprint density at radius 3 is 2.76 bits per heavy atom. The molecule has 2 bridgehead atoms. The molecule has 2 fully saturated rings. The summed E-state index contributed by atoms with van der Waals surface area (Å²) < 4.78 is 7.86. The van der Waals surface area contributed by atoms with Crippen molar-refractivity contribution in [3.05, 3.63) is 65.6 Å². The molecular weight excluding hydrogens is 410 g/mol. The average molecular weight is 446 g/mol. The van der Waals surface area contributed by atoms with Crippen LogP contribution in [0.25, 0.3) is 5.65 Å². The number of hydrogen-bond acceptors (Lipinski definition) is 3. The number of imidazole rings is 1. The zero-order chi connectivity index (χ0) is 23.4. The van der Waals surface area contributed by atoms with Gasteiger partial charge in [0.2, 0.25) is 5.91 Å². The molecular formula is C28H35N3O2. The third-order valence-electron chi connectivity index (χ3n) is 7.74. The van der Waals surface area contributed by atoms with Crippen LogP contribution in [0.4, 0.5) is 0 Å². The van der Waals surface area contributed by atoms with Crippen LogP contribution in [0.2, 0.25) is 0 Å². The number of methoxy groups -OCH3 is 1. The first-order valence-corrected chi connectivity index (χ1v) is 12.0. The fourth-order valence-corrected chi connectivity index (χ4v) is 6.80. The first-order valence-electron chi connectivity index (χ1n) is 12.0. The minimum absolute atomic E-state index is 0.133. The number of carbonyl (C=O) groups excluding carboxylic acids is 1. The van der Waals surface area contributed by atoms with Crippen molar-refractivity contribution in [2.75, 3.05) is 13.7 Å². The van der Waals surface area contributed by atoms with Crippen LogP contribution in [0, 0.1) is 17.8 Å². The number of nitrogens with zero attached hydrogens (tertiary/aromatic N) is 3. The highest BCUT2D eigenvalue weighted by Crippen LogP contribution is 2.53. The Bertz CT molecular complexity index is 1200. The topological polar surface area (TPSA) is 46.8 Å². The molecule has 1 aliphatic carbocycles. The smallest absolute Gasteiger partial charge is 0.223 e. The Labute approximate surface area is 196 Å². The van der Waals surface area contributed by atoms with Crippen molar-refractivity contribution in [2.24, 2.45) is 10.8 Å². The van der Waals surface area contributed by atoms with Crippen molar-refractivity contribution in [3.8, 4) is 5.75 Å². The largest absolute Gasteiger partial charge is 0.496 e. The Kier molecular flexibility index (Phi) is 5.26. The van der Waals surface area contributed by atoms with E-state index in [4.69, 9.17) is 9.72 Å². The third kappa shape index (κ3) is 3.92. The maximum Gasteiger partial charge on any atom is 0.223 e. The van der Waals surface area contributed by atoms with E-state index in [1.54, 1.807) is 7.11 Å². The monoisotopic (exact) mass is 445 g/mol. The van der Waals surface area contributed by atoms with Crippen molar-refractivity contribution in [1.29, 1.82) is 0 Å². The van der Waals surface area contributed by atoms with Crippen LogP contribution < -0.4 is 4.74 Å². The summed E-state index contributed by atoms with van der Waals surface area (Å²) in [5, 5.41) is 0. The molecule has 0 radical (unpaired) electrons. The Balaban J connectivity index is 1.53. The maximum absolute atomic E-state index is 13.9. The first kappa shape index (κ1) is 22.0. The van der Waals surface area contributed by atoms with Gasteiger partial charge in [0.15, 0.2) is 0 Å². The van der Waals surface area contributed by atoms with E-state index >= 15 is 0 Å². The SMILES string of the molecule is COc1ccccc1C(CC(=O)N1CC2(C)CC1CC(C)(C)C2)c1cnc2c(C)cccn12. The minimum Gasteiger partial charge on any atom is -0.496 e. The highest BCUT2D eigenvalue weighted by atomic mass is 16.5. The van der Waals surface area contributed by atoms with Crippen LogP contribution in [0.5, 0.6) is 5.75 Å². The number of benzene rings is 1. The first-order chi connectivity index (χ1) is 15.7. The lowest BCUT2D eigenvalue weighted by molar-refractivity contribution is -0.132. The molecule has 1 amide bonds. The summed E-state index contributed by atoms with van der Waals surface area (Å²) >= 11 is 0. The summed E-state index contributed by atoms with van der Waals surface area (Å²) in [5.41, 5.74) is 4.63. The van der Waals surface area contributed by atoms with Gasteiger partial charge in [-0.1, -0.05) is 45.0 Å². The summed E-state index contributed by atoms with van der Waals surface area (Å²) in [6, 6.07) is 12.5. The fraction of sp³-hybridized carbons (Fsp3) is 0.500. The summed E-state index contributed by atoms with van der Waals surface area (Å²) in [6.45, 7) is 10.00. The molecule has 1 saturated heterocycles. The van der Waals surface area contributed by atoms with Crippen LogP contribution >= 0.6 is 0 Å². The lowest BCUT2D eigenvalue weighted by Crippen LogP contribution is -2.38. The molecule has 33 heavy (non-hydrogen) atoms. The van der Waals surface area contributed by atoms with Crippen LogP contribution in [-0.4, -0.2) is 39.9 Å². The number of aromatic nitrogens is 2. The number of hydrogen-bond donors (Lipinski definition) is 0. The zero-order valence-corrected chi connectivity index (χ0v) is 20.5. The summed E-state index contributed by atoms with van der Waals surface area (Å²) in [7, 11) is 1.70. The average Bonchev–Trinajstić information content (AvgIpc) is 3.30. The van der Waals surface area contributed by atoms with E-state index < -0.39 is 0 Å². The van der Waals surface area contributed by atoms with Gasteiger partial charge in [0, 0.05) is 42.9 Å². The second-order valence-electron chi connectivity index (χ2n) is 11.3. The van der Waals surface area contributed by atoms with Gasteiger partial charge in [0.05, 0.1) is 12.8 Å². The van der Waals surface area contributed by atoms with Gasteiger partial charge in [0.1, 0.15) is 11.4 Å². The van der Waals surface area contributed by atoms with E-state index in [1.165, 1.54) is 6.42 Å². The molecule has 2 aromatic heterocycles. The van der Waals surface area contributed by atoms with E-state index in [-0.39, 0.29) is 22.7 Å². The van der Waals surface area contributed by atoms with Crippen molar-refractivity contribution in [1.82, 2.24) is 14.3 Å². The molecule has 0 N–H and O–H groups in total. The maximum atomic E-state index is 13.9. The summed E-state index contributed by atoms with van der Waals surface area (Å²) in [6.07, 6.45) is 7.78. The van der Waals surface area contributed by atoms with Crippen LogP contribution in [0.15, 0.2) is 48.8 Å². The van der Waals surface area contributed by atoms with E-state index in [0.29, 0.717) is 12.5 Å². The van der Waals surface area contributed by atoms with Crippen LogP contribution in [-0.2, 0) is 4.79 Å². The number of para-hydroxylation sites is 1. The molecule has 3 heterocycles. The second kappa shape index (κ2) is 7.89. The fourth-order valence-electron chi connectivity index (χ4n) is 6.80. The van der Waals surface area contributed by atoms with E-state index in [1.807, 2.05) is 36.7 Å². The quantitative estimate of drug-likeness (QED) is 0.513. The molecule has 3 aromatic rings. The number of ether oxygens (including phenoxy) is 1. The molecule has 0 spiro atoms. The van der Waals surface area contributed by atoms with Gasteiger partial charge in [-0.3, -0.25) is 4.79 Å². The predicted octanol–water partition coefficient (Wildman–Crippen LogP) is 5.60. The van der Waals surface area contributed by atoms with Gasteiger partial charge < -0.3 is 14.0 Å². The molecule has 1 aromatic carbocycles. The molecule has 174 valence electrons. The number of pyridine rings is 1. The number of rotatable bonds is 5. The number of likely N-dealkylation sites (tertiary alicyclic amines) is 1. The molecule has 5 heteroatoms. The molecule has 1 saturated carbocycles. The number of carbonyl (C=O) groups is 1. The lowest BCUT2D eigenvalue weighted by atomic mass is 9.65. The van der Waals surface area contributed by atoms with Gasteiger partial charge in [-0.15, -0.1) is 0 Å². The van der Waals surface area contributed by atoms with E-state index in [9.17, 15) is 4.79 Å². The Morgan fingerprint density at radius 1 is 1.18 bits per heavy atom. The molecule has 3 unspecified atom stereocenters. The van der Waals surface area contributed by atoms with Crippen molar-refractivity contribution in [2.45, 2.75) is 65.3 Å². The molecule has 5 nitrogen and oxygen atoms in total. The summed E-state index contributed by atoms with van der Waals surface area (Å²) in [4.78, 5) is 20.8. The molecule has 5 rings (SSSR count). The normalized spacial score (nSPS) is 24.8. The van der Waals surface area contributed by atoms with E-state index in [0.717, 1.165) is 47.6 Å². The van der Waals surface area contributed by atoms with E-state index in [2.05, 4.69) is 49.1 Å². The van der Waals surface area contributed by atoms with Gasteiger partial charge in [-0.05, 0) is 54.7 Å². The zero-order valence-electron chi connectivity index (χ0n) is 20.5. The molecule has 3 atom stereocenters. The third-order valence-corrected chi connectivity index (χ3v) is 7.74. The van der Waals surface area contributed by atoms with Crippen LogP contribution in [0.3, 0.4) is 0 Å². The Morgan fingerprint density at radius 2 is 1.97 bits per heavy atom. The van der Waals surface area contributed by atoms with Crippen molar-refractivity contribution < 1.29 is 9.53 Å². The number of amides is 1. The highest BCUT2D eigenvalue weighted by Gasteiger charge is 2.51. The lowest BCUT2D eigenvalue weighted by Gasteiger charge is -2.39. The number of aryl methyl sites for hydroxylation is 1. The van der Waals surface area contributed by atoms with Gasteiger partial charge in [-0.2, -0.15) is 0 Å². The highest BCUT2D eigenvalue weighted by molar-refractivity contribution is 5.79. The molecule has 1 aliphatic heterocycles. The predicted molar refractivity (Wildman–Crippen MR) is 131 cm³/mol. The van der Waals surface area contributed by atoms with Crippen LogP contribution in [0.1, 0.15) is 69.2 Å². The second-order valence-corrected chi connectivity index (χ2v) is 11.3. The minimum atomic E-state index is -0.133. The van der Waals surface area contributed by atoms with Gasteiger partial charge >= 0.3 is 0 Å².